The van der Waals surface area contributed by atoms with Gasteiger partial charge in [0, 0.05) is 6.04 Å². The highest BCUT2D eigenvalue weighted by atomic mass is 16.5. The number of carboxylic acids is 1. The fraction of sp³-hybridized carbons (Fsp3) is 0.818. The number of carboxylic acid groups (broad SMARTS) is 1. The maximum atomic E-state index is 11.9. The van der Waals surface area contributed by atoms with E-state index in [1.807, 2.05) is 6.92 Å². The van der Waals surface area contributed by atoms with Gasteiger partial charge in [0.05, 0.1) is 19.1 Å². The lowest BCUT2D eigenvalue weighted by molar-refractivity contribution is -0.142. The molecule has 1 heterocycles. The first-order chi connectivity index (χ1) is 8.10. The third-order valence-corrected chi connectivity index (χ3v) is 2.98. The fourth-order valence-corrected chi connectivity index (χ4v) is 1.92. The molecule has 0 aliphatic carbocycles. The molecule has 3 atom stereocenters. The van der Waals surface area contributed by atoms with Crippen molar-refractivity contribution in [2.24, 2.45) is 5.92 Å². The van der Waals surface area contributed by atoms with Crippen molar-refractivity contribution in [1.29, 1.82) is 0 Å². The highest BCUT2D eigenvalue weighted by Crippen LogP contribution is 2.14. The number of carbonyl (C=O) groups excluding carboxylic acids is 1. The molecule has 6 heteroatoms. The van der Waals surface area contributed by atoms with Crippen molar-refractivity contribution in [3.8, 4) is 0 Å². The van der Waals surface area contributed by atoms with Gasteiger partial charge in [0.25, 0.3) is 0 Å². The van der Waals surface area contributed by atoms with E-state index in [0.29, 0.717) is 26.1 Å². The molecule has 0 aromatic heterocycles. The van der Waals surface area contributed by atoms with E-state index >= 15 is 0 Å². The number of carbonyl (C=O) groups is 2. The van der Waals surface area contributed by atoms with E-state index < -0.39 is 12.0 Å². The highest BCUT2D eigenvalue weighted by molar-refractivity contribution is 5.85. The summed E-state index contributed by atoms with van der Waals surface area (Å²) in [5, 5.41) is 14.5. The molecule has 0 saturated carbocycles. The molecule has 98 valence electrons. The lowest BCUT2D eigenvalue weighted by atomic mass is 10.0. The Balaban J connectivity index is 2.54. The van der Waals surface area contributed by atoms with Crippen molar-refractivity contribution in [2.45, 2.75) is 31.8 Å². The zero-order valence-electron chi connectivity index (χ0n) is 10.2. The van der Waals surface area contributed by atoms with Gasteiger partial charge in [-0.1, -0.05) is 13.3 Å². The van der Waals surface area contributed by atoms with Crippen LogP contribution in [-0.4, -0.2) is 49.3 Å². The van der Waals surface area contributed by atoms with Crippen LogP contribution in [0, 0.1) is 5.92 Å². The first-order valence-electron chi connectivity index (χ1n) is 5.88. The lowest BCUT2D eigenvalue weighted by Gasteiger charge is -2.19. The van der Waals surface area contributed by atoms with E-state index in [9.17, 15) is 9.59 Å². The van der Waals surface area contributed by atoms with Gasteiger partial charge in [-0.2, -0.15) is 0 Å². The SMILES string of the molecule is CCCC(NC(=O)C1COCC1NC)C(=O)O. The van der Waals surface area contributed by atoms with Gasteiger partial charge < -0.3 is 20.5 Å². The van der Waals surface area contributed by atoms with Gasteiger partial charge in [-0.25, -0.2) is 4.79 Å². The summed E-state index contributed by atoms with van der Waals surface area (Å²) < 4.78 is 5.21. The predicted molar refractivity (Wildman–Crippen MR) is 61.6 cm³/mol. The van der Waals surface area contributed by atoms with Crippen LogP contribution in [0.25, 0.3) is 0 Å². The second-order valence-electron chi connectivity index (χ2n) is 4.23. The molecule has 0 spiro atoms. The van der Waals surface area contributed by atoms with Crippen molar-refractivity contribution in [3.63, 3.8) is 0 Å². The standard InChI is InChI=1S/C11H20N2O4/c1-3-4-8(11(15)16)13-10(14)7-5-17-6-9(7)12-2/h7-9,12H,3-6H2,1-2H3,(H,13,14)(H,15,16). The van der Waals surface area contributed by atoms with E-state index in [1.165, 1.54) is 0 Å². The number of amides is 1. The maximum Gasteiger partial charge on any atom is 0.326 e. The molecular weight excluding hydrogens is 224 g/mol. The zero-order valence-corrected chi connectivity index (χ0v) is 10.2. The van der Waals surface area contributed by atoms with Crippen LogP contribution < -0.4 is 10.6 Å². The smallest absolute Gasteiger partial charge is 0.326 e. The van der Waals surface area contributed by atoms with Crippen LogP contribution in [-0.2, 0) is 14.3 Å². The molecule has 1 saturated heterocycles. The molecule has 1 rings (SSSR count). The monoisotopic (exact) mass is 244 g/mol. The summed E-state index contributed by atoms with van der Waals surface area (Å²) in [4.78, 5) is 22.8. The Kier molecular flexibility index (Phi) is 5.37. The van der Waals surface area contributed by atoms with Gasteiger partial charge in [0.2, 0.25) is 5.91 Å². The normalized spacial score (nSPS) is 25.5. The second kappa shape index (κ2) is 6.56. The molecule has 0 aromatic carbocycles. The van der Waals surface area contributed by atoms with Crippen molar-refractivity contribution in [1.82, 2.24) is 10.6 Å². The number of hydrogen-bond acceptors (Lipinski definition) is 4. The number of aliphatic carboxylic acids is 1. The zero-order chi connectivity index (χ0) is 12.8. The second-order valence-corrected chi connectivity index (χ2v) is 4.23. The van der Waals surface area contributed by atoms with Gasteiger partial charge >= 0.3 is 5.97 Å². The highest BCUT2D eigenvalue weighted by Gasteiger charge is 2.34. The third-order valence-electron chi connectivity index (χ3n) is 2.98. The minimum atomic E-state index is -0.986. The topological polar surface area (TPSA) is 87.7 Å². The van der Waals surface area contributed by atoms with E-state index in [0.717, 1.165) is 0 Å². The Morgan fingerprint density at radius 1 is 1.47 bits per heavy atom. The van der Waals surface area contributed by atoms with Crippen LogP contribution in [0.5, 0.6) is 0 Å². The van der Waals surface area contributed by atoms with Gasteiger partial charge in [-0.05, 0) is 13.5 Å². The van der Waals surface area contributed by atoms with E-state index in [4.69, 9.17) is 9.84 Å². The van der Waals surface area contributed by atoms with Crippen molar-refractivity contribution in [3.05, 3.63) is 0 Å². The van der Waals surface area contributed by atoms with Crippen LogP contribution in [0.3, 0.4) is 0 Å². The lowest BCUT2D eigenvalue weighted by Crippen LogP contribution is -2.48. The minimum absolute atomic E-state index is 0.0360. The molecule has 1 aliphatic rings. The van der Waals surface area contributed by atoms with Crippen LogP contribution in [0.4, 0.5) is 0 Å². The summed E-state index contributed by atoms with van der Waals surface area (Å²) in [6.45, 7) is 2.72. The average molecular weight is 244 g/mol. The molecule has 17 heavy (non-hydrogen) atoms. The van der Waals surface area contributed by atoms with Crippen molar-refractivity contribution in [2.75, 3.05) is 20.3 Å². The van der Waals surface area contributed by atoms with E-state index in [2.05, 4.69) is 10.6 Å². The minimum Gasteiger partial charge on any atom is -0.480 e. The summed E-state index contributed by atoms with van der Waals surface area (Å²) in [6, 6.07) is -0.836. The van der Waals surface area contributed by atoms with Crippen LogP contribution in [0.2, 0.25) is 0 Å². The first-order valence-corrected chi connectivity index (χ1v) is 5.88. The van der Waals surface area contributed by atoms with Crippen molar-refractivity contribution >= 4 is 11.9 Å². The summed E-state index contributed by atoms with van der Waals surface area (Å²) in [5.41, 5.74) is 0. The average Bonchev–Trinajstić information content (AvgIpc) is 2.76. The van der Waals surface area contributed by atoms with Crippen LogP contribution in [0.15, 0.2) is 0 Å². The third kappa shape index (κ3) is 3.67. The summed E-state index contributed by atoms with van der Waals surface area (Å²) in [5.74, 6) is -1.54. The number of rotatable bonds is 6. The Labute approximate surface area is 101 Å². The molecule has 6 nitrogen and oxygen atoms in total. The number of nitrogens with one attached hydrogen (secondary N) is 2. The Bertz CT molecular complexity index is 283. The molecule has 1 fully saturated rings. The maximum absolute atomic E-state index is 11.9. The van der Waals surface area contributed by atoms with Crippen LogP contribution in [0.1, 0.15) is 19.8 Å². The largest absolute Gasteiger partial charge is 0.480 e. The molecule has 0 radical (unpaired) electrons. The number of ether oxygens (including phenoxy) is 1. The molecule has 3 unspecified atom stereocenters. The van der Waals surface area contributed by atoms with Gasteiger partial charge in [0.15, 0.2) is 0 Å². The summed E-state index contributed by atoms with van der Waals surface area (Å²) >= 11 is 0. The Morgan fingerprint density at radius 2 is 2.18 bits per heavy atom. The van der Waals surface area contributed by atoms with Crippen molar-refractivity contribution < 1.29 is 19.4 Å². The number of likely N-dealkylation sites (N-methyl/N-ethyl adjacent to an activating group) is 1. The van der Waals surface area contributed by atoms with Crippen LogP contribution >= 0.6 is 0 Å². The fourth-order valence-electron chi connectivity index (χ4n) is 1.92. The first kappa shape index (κ1) is 13.9. The Hall–Kier alpha value is -1.14. The quantitative estimate of drug-likeness (QED) is 0.591. The summed E-state index contributed by atoms with van der Waals surface area (Å²) in [6.07, 6.45) is 1.16. The summed E-state index contributed by atoms with van der Waals surface area (Å²) in [7, 11) is 1.76. The van der Waals surface area contributed by atoms with E-state index in [-0.39, 0.29) is 17.9 Å². The molecule has 1 aliphatic heterocycles. The van der Waals surface area contributed by atoms with Gasteiger partial charge in [-0.15, -0.1) is 0 Å². The number of hydrogen-bond donors (Lipinski definition) is 3. The van der Waals surface area contributed by atoms with Gasteiger partial charge in [-0.3, -0.25) is 4.79 Å². The Morgan fingerprint density at radius 3 is 2.71 bits per heavy atom. The molecule has 0 bridgehead atoms. The predicted octanol–water partition coefficient (Wildman–Crippen LogP) is -0.410. The molecule has 3 N–H and O–H groups in total. The molecular formula is C11H20N2O4. The van der Waals surface area contributed by atoms with Gasteiger partial charge in [0.1, 0.15) is 6.04 Å². The molecule has 1 amide bonds. The van der Waals surface area contributed by atoms with E-state index in [1.54, 1.807) is 7.05 Å². The molecule has 0 aromatic rings.